The van der Waals surface area contributed by atoms with Crippen molar-refractivity contribution in [3.63, 3.8) is 0 Å². The number of aliphatic hydroxyl groups excluding tert-OH is 5. The fourth-order valence-corrected chi connectivity index (χ4v) is 5.25. The van der Waals surface area contributed by atoms with Crippen molar-refractivity contribution in [3.05, 3.63) is 59.7 Å². The Morgan fingerprint density at radius 1 is 0.769 bits per heavy atom. The maximum atomic E-state index is 13.0. The van der Waals surface area contributed by atoms with E-state index >= 15 is 0 Å². The third-order valence-corrected chi connectivity index (χ3v) is 8.00. The summed E-state index contributed by atoms with van der Waals surface area (Å²) < 4.78 is 42.7. The number of rotatable bonds is 14. The van der Waals surface area contributed by atoms with Crippen LogP contribution in [0.15, 0.2) is 48.6 Å². The molecule has 0 bridgehead atoms. The van der Waals surface area contributed by atoms with Gasteiger partial charge in [-0.2, -0.15) is 0 Å². The molecule has 284 valence electrons. The zero-order valence-corrected chi connectivity index (χ0v) is 28.1. The largest absolute Gasteiger partial charge is 0.504 e. The minimum Gasteiger partial charge on any atom is -0.504 e. The number of hydrogen-bond acceptors (Lipinski definition) is 18. The Labute approximate surface area is 296 Å². The number of aliphatic hydroxyl groups is 5. The molecule has 52 heavy (non-hydrogen) atoms. The van der Waals surface area contributed by atoms with Crippen LogP contribution in [0.3, 0.4) is 0 Å². The number of benzene rings is 2. The molecular weight excluding hydrogens is 696 g/mol. The summed E-state index contributed by atoms with van der Waals surface area (Å²) in [4.78, 5) is 36.9. The van der Waals surface area contributed by atoms with E-state index in [0.717, 1.165) is 19.1 Å². The fourth-order valence-electron chi connectivity index (χ4n) is 5.25. The van der Waals surface area contributed by atoms with E-state index in [4.69, 9.17) is 37.9 Å². The van der Waals surface area contributed by atoms with Crippen LogP contribution in [0.5, 0.6) is 23.0 Å². The lowest BCUT2D eigenvalue weighted by Gasteiger charge is -2.43. The highest BCUT2D eigenvalue weighted by molar-refractivity contribution is 5.88. The molecule has 0 radical (unpaired) electrons. The van der Waals surface area contributed by atoms with Crippen LogP contribution in [-0.2, 0) is 42.8 Å². The molecule has 0 aromatic heterocycles. The predicted octanol–water partition coefficient (Wildman–Crippen LogP) is -0.868. The number of esters is 3. The summed E-state index contributed by atoms with van der Waals surface area (Å²) in [7, 11) is 2.68. The highest BCUT2D eigenvalue weighted by atomic mass is 16.8. The van der Waals surface area contributed by atoms with Crippen molar-refractivity contribution in [1.82, 2.24) is 0 Å². The van der Waals surface area contributed by atoms with Crippen LogP contribution in [0, 0.1) is 0 Å². The molecule has 2 aromatic carbocycles. The van der Waals surface area contributed by atoms with E-state index in [2.05, 4.69) is 0 Å². The van der Waals surface area contributed by atoms with Crippen molar-refractivity contribution in [2.75, 3.05) is 34.0 Å². The highest BCUT2D eigenvalue weighted by Crippen LogP contribution is 2.38. The zero-order valence-electron chi connectivity index (χ0n) is 28.1. The van der Waals surface area contributed by atoms with Gasteiger partial charge in [-0.25, -0.2) is 9.59 Å². The number of hydrogen-bond donors (Lipinski definition) is 7. The summed E-state index contributed by atoms with van der Waals surface area (Å²) in [5, 5.41) is 73.1. The van der Waals surface area contributed by atoms with Crippen LogP contribution in [0.2, 0.25) is 0 Å². The second-order valence-corrected chi connectivity index (χ2v) is 11.6. The van der Waals surface area contributed by atoms with Gasteiger partial charge in [0, 0.05) is 19.1 Å². The number of carbonyl (C=O) groups excluding carboxylic acids is 3. The fraction of sp³-hybridized carbons (Fsp3) is 0.441. The molecule has 2 aliphatic rings. The average molecular weight is 737 g/mol. The van der Waals surface area contributed by atoms with Crippen molar-refractivity contribution >= 4 is 30.1 Å². The number of aromatic hydroxyl groups is 2. The molecule has 0 spiro atoms. The lowest BCUT2D eigenvalue weighted by molar-refractivity contribution is -0.383. The van der Waals surface area contributed by atoms with E-state index in [-0.39, 0.29) is 23.0 Å². The molecule has 0 amide bonds. The molecular formula is C34H40O18. The SMILES string of the molecule is COc1cc(C=CC(=O)OCC2OC(OC3(CO)OC(COC(C)=O)C(O)C3OC(=O)C=Cc3ccc(O)c(OC)c3)C(O)C(O)C2O)ccc1O. The Bertz CT molecular complexity index is 1630. The lowest BCUT2D eigenvalue weighted by Crippen LogP contribution is -2.63. The summed E-state index contributed by atoms with van der Waals surface area (Å²) in [5.41, 5.74) is 0.875. The van der Waals surface area contributed by atoms with Crippen LogP contribution in [0.1, 0.15) is 18.1 Å². The summed E-state index contributed by atoms with van der Waals surface area (Å²) in [5.74, 6) is -5.24. The smallest absolute Gasteiger partial charge is 0.331 e. The van der Waals surface area contributed by atoms with Gasteiger partial charge in [-0.3, -0.25) is 4.79 Å². The molecule has 0 saturated carbocycles. The quantitative estimate of drug-likeness (QED) is 0.0706. The number of phenolic OH excluding ortho intramolecular Hbond substituents is 2. The van der Waals surface area contributed by atoms with Crippen molar-refractivity contribution in [2.24, 2.45) is 0 Å². The Balaban J connectivity index is 1.50. The maximum Gasteiger partial charge on any atom is 0.331 e. The maximum absolute atomic E-state index is 13.0. The number of phenols is 2. The van der Waals surface area contributed by atoms with Gasteiger partial charge in [0.1, 0.15) is 56.4 Å². The molecule has 2 heterocycles. The van der Waals surface area contributed by atoms with E-state index in [1.165, 1.54) is 62.8 Å². The van der Waals surface area contributed by atoms with Gasteiger partial charge in [0.15, 0.2) is 35.4 Å². The first-order valence-corrected chi connectivity index (χ1v) is 15.7. The predicted molar refractivity (Wildman–Crippen MR) is 173 cm³/mol. The Morgan fingerprint density at radius 3 is 1.87 bits per heavy atom. The topological polar surface area (TPSA) is 267 Å². The third kappa shape index (κ3) is 9.55. The van der Waals surface area contributed by atoms with Gasteiger partial charge in [-0.15, -0.1) is 0 Å². The van der Waals surface area contributed by atoms with Crippen molar-refractivity contribution in [3.8, 4) is 23.0 Å². The Hall–Kier alpha value is -4.79. The summed E-state index contributed by atoms with van der Waals surface area (Å²) in [6, 6.07) is 8.51. The normalized spacial score (nSPS) is 28.8. The van der Waals surface area contributed by atoms with Gasteiger partial charge in [-0.05, 0) is 47.5 Å². The summed E-state index contributed by atoms with van der Waals surface area (Å²) >= 11 is 0. The van der Waals surface area contributed by atoms with Gasteiger partial charge in [0.25, 0.3) is 0 Å². The van der Waals surface area contributed by atoms with Crippen molar-refractivity contribution in [1.29, 1.82) is 0 Å². The van der Waals surface area contributed by atoms with Gasteiger partial charge in [0.2, 0.25) is 5.79 Å². The third-order valence-electron chi connectivity index (χ3n) is 8.00. The van der Waals surface area contributed by atoms with Crippen molar-refractivity contribution in [2.45, 2.75) is 61.7 Å². The molecule has 9 unspecified atom stereocenters. The van der Waals surface area contributed by atoms with E-state index in [1.807, 2.05) is 0 Å². The van der Waals surface area contributed by atoms with Crippen LogP contribution >= 0.6 is 0 Å². The second-order valence-electron chi connectivity index (χ2n) is 11.6. The molecule has 18 heteroatoms. The standard InChI is InChI=1S/C34H40O18/c1-17(36)47-15-25-29(42)32(50-27(40)11-7-19-5-9-21(38)23(13-19)46-3)34(16-35,51-25)52-33-31(44)30(43)28(41)24(49-33)14-48-26(39)10-6-18-4-8-20(37)22(12-18)45-2/h4-13,24-25,28-33,35,37-38,41-44H,14-16H2,1-3H3. The number of ether oxygens (including phenoxy) is 8. The molecule has 2 aliphatic heterocycles. The summed E-state index contributed by atoms with van der Waals surface area (Å²) in [6.07, 6.45) is -9.80. The van der Waals surface area contributed by atoms with Gasteiger partial charge >= 0.3 is 17.9 Å². The Kier molecular flexibility index (Phi) is 13.6. The van der Waals surface area contributed by atoms with Crippen LogP contribution in [0.25, 0.3) is 12.2 Å². The van der Waals surface area contributed by atoms with E-state index in [0.29, 0.717) is 11.1 Å². The number of carbonyl (C=O) groups is 3. The van der Waals surface area contributed by atoms with Gasteiger partial charge in [-0.1, -0.05) is 12.1 Å². The molecule has 18 nitrogen and oxygen atoms in total. The van der Waals surface area contributed by atoms with E-state index in [9.17, 15) is 50.1 Å². The molecule has 9 atom stereocenters. The Morgan fingerprint density at radius 2 is 1.33 bits per heavy atom. The lowest BCUT2D eigenvalue weighted by atomic mass is 9.98. The second kappa shape index (κ2) is 17.6. The van der Waals surface area contributed by atoms with E-state index < -0.39 is 92.5 Å². The molecule has 0 aliphatic carbocycles. The molecule has 2 fully saturated rings. The molecule has 7 N–H and O–H groups in total. The molecule has 4 rings (SSSR count). The first-order valence-electron chi connectivity index (χ1n) is 15.7. The number of methoxy groups -OCH3 is 2. The highest BCUT2D eigenvalue weighted by Gasteiger charge is 2.61. The molecule has 2 saturated heterocycles. The van der Waals surface area contributed by atoms with Crippen molar-refractivity contribution < 1.29 is 88.0 Å². The van der Waals surface area contributed by atoms with Crippen LogP contribution in [-0.4, -0.2) is 142 Å². The summed E-state index contributed by atoms with van der Waals surface area (Å²) in [6.45, 7) is -1.33. The monoisotopic (exact) mass is 736 g/mol. The molecule has 2 aromatic rings. The minimum atomic E-state index is -2.52. The first-order chi connectivity index (χ1) is 24.7. The van der Waals surface area contributed by atoms with Gasteiger partial charge < -0.3 is 73.6 Å². The van der Waals surface area contributed by atoms with Crippen LogP contribution < -0.4 is 9.47 Å². The van der Waals surface area contributed by atoms with E-state index in [1.54, 1.807) is 0 Å². The zero-order chi connectivity index (χ0) is 38.2. The minimum absolute atomic E-state index is 0.114. The average Bonchev–Trinajstić information content (AvgIpc) is 3.38. The van der Waals surface area contributed by atoms with Gasteiger partial charge in [0.05, 0.1) is 14.2 Å². The van der Waals surface area contributed by atoms with Crippen LogP contribution in [0.4, 0.5) is 0 Å². The first kappa shape index (κ1) is 40.0.